The molecule has 1 aromatic rings. The number of ether oxygens (including phenoxy) is 1. The number of amides is 3. The third-order valence-electron chi connectivity index (χ3n) is 5.90. The molecule has 1 saturated carbocycles. The molecule has 2 N–H and O–H groups in total. The Morgan fingerprint density at radius 3 is 2.29 bits per heavy atom. The molecule has 31 heavy (non-hydrogen) atoms. The Morgan fingerprint density at radius 2 is 1.65 bits per heavy atom. The standard InChI is InChI=1S/C24H35N3O4/c1-24(2,3)31-23(30)27-13-11-19(12-14-27)21(28)25-16-17-7-6-10-20(15-17)26-22(29)18-8-4-5-9-18/h6-7,10,15,18-19H,4-5,8-9,11-14,16H2,1-3H3,(H,25,28)(H,26,29). The third kappa shape index (κ3) is 6.97. The number of piperidine rings is 1. The molecule has 0 spiro atoms. The zero-order chi connectivity index (χ0) is 22.4. The fourth-order valence-corrected chi connectivity index (χ4v) is 4.18. The van der Waals surface area contributed by atoms with Crippen LogP contribution in [0.2, 0.25) is 0 Å². The van der Waals surface area contributed by atoms with Crippen LogP contribution in [0.3, 0.4) is 0 Å². The maximum atomic E-state index is 12.6. The molecule has 170 valence electrons. The predicted molar refractivity (Wildman–Crippen MR) is 119 cm³/mol. The van der Waals surface area contributed by atoms with Crippen LogP contribution in [-0.2, 0) is 20.9 Å². The van der Waals surface area contributed by atoms with E-state index in [0.717, 1.165) is 36.9 Å². The van der Waals surface area contributed by atoms with Crippen LogP contribution < -0.4 is 10.6 Å². The van der Waals surface area contributed by atoms with Gasteiger partial charge in [0.05, 0.1) is 0 Å². The van der Waals surface area contributed by atoms with Crippen molar-refractivity contribution in [2.45, 2.75) is 71.4 Å². The summed E-state index contributed by atoms with van der Waals surface area (Å²) in [4.78, 5) is 38.8. The Kier molecular flexibility index (Phi) is 7.57. The van der Waals surface area contributed by atoms with Crippen LogP contribution in [0.25, 0.3) is 0 Å². The predicted octanol–water partition coefficient (Wildman–Crippen LogP) is 4.08. The lowest BCUT2D eigenvalue weighted by Crippen LogP contribution is -2.44. The molecule has 1 aliphatic heterocycles. The number of hydrogen-bond donors (Lipinski definition) is 2. The summed E-state index contributed by atoms with van der Waals surface area (Å²) in [6.45, 7) is 7.00. The number of nitrogens with zero attached hydrogens (tertiary/aromatic N) is 1. The number of carbonyl (C=O) groups excluding carboxylic acids is 3. The van der Waals surface area contributed by atoms with Gasteiger partial charge in [0.1, 0.15) is 5.60 Å². The summed E-state index contributed by atoms with van der Waals surface area (Å²) in [5.41, 5.74) is 1.20. The second kappa shape index (κ2) is 10.2. The van der Waals surface area contributed by atoms with E-state index in [1.54, 1.807) is 4.90 Å². The largest absolute Gasteiger partial charge is 0.444 e. The summed E-state index contributed by atoms with van der Waals surface area (Å²) in [6, 6.07) is 7.63. The van der Waals surface area contributed by atoms with E-state index < -0.39 is 5.60 Å². The average Bonchev–Trinajstić information content (AvgIpc) is 3.26. The lowest BCUT2D eigenvalue weighted by Gasteiger charge is -2.32. The first kappa shape index (κ1) is 23.1. The Balaban J connectivity index is 1.43. The highest BCUT2D eigenvalue weighted by Gasteiger charge is 2.29. The first-order valence-electron chi connectivity index (χ1n) is 11.4. The van der Waals surface area contributed by atoms with Crippen molar-refractivity contribution in [1.82, 2.24) is 10.2 Å². The minimum atomic E-state index is -0.517. The molecular weight excluding hydrogens is 394 g/mol. The third-order valence-corrected chi connectivity index (χ3v) is 5.90. The lowest BCUT2D eigenvalue weighted by molar-refractivity contribution is -0.126. The van der Waals surface area contributed by atoms with Gasteiger partial charge in [-0.15, -0.1) is 0 Å². The summed E-state index contributed by atoms with van der Waals surface area (Å²) in [6.07, 6.45) is 5.12. The first-order chi connectivity index (χ1) is 14.7. The van der Waals surface area contributed by atoms with Gasteiger partial charge in [-0.05, 0) is 64.2 Å². The summed E-state index contributed by atoms with van der Waals surface area (Å²) >= 11 is 0. The fourth-order valence-electron chi connectivity index (χ4n) is 4.18. The number of likely N-dealkylation sites (tertiary alicyclic amines) is 1. The van der Waals surface area contributed by atoms with Gasteiger partial charge in [-0.2, -0.15) is 0 Å². The summed E-state index contributed by atoms with van der Waals surface area (Å²) in [5, 5.41) is 6.01. The summed E-state index contributed by atoms with van der Waals surface area (Å²) in [7, 11) is 0. The van der Waals surface area contributed by atoms with Gasteiger partial charge in [-0.3, -0.25) is 9.59 Å². The highest BCUT2D eigenvalue weighted by atomic mass is 16.6. The Morgan fingerprint density at radius 1 is 1.00 bits per heavy atom. The molecular formula is C24H35N3O4. The van der Waals surface area contributed by atoms with Crippen molar-refractivity contribution in [2.75, 3.05) is 18.4 Å². The van der Waals surface area contributed by atoms with Crippen molar-refractivity contribution in [3.8, 4) is 0 Å². The number of hydrogen-bond acceptors (Lipinski definition) is 4. The molecule has 1 heterocycles. The van der Waals surface area contributed by atoms with Crippen molar-refractivity contribution >= 4 is 23.6 Å². The van der Waals surface area contributed by atoms with Crippen molar-refractivity contribution in [1.29, 1.82) is 0 Å². The van der Waals surface area contributed by atoms with E-state index in [9.17, 15) is 14.4 Å². The number of anilines is 1. The van der Waals surface area contributed by atoms with Crippen LogP contribution >= 0.6 is 0 Å². The molecule has 0 atom stereocenters. The van der Waals surface area contributed by atoms with Gasteiger partial charge in [0.15, 0.2) is 0 Å². The maximum Gasteiger partial charge on any atom is 0.410 e. The molecule has 2 fully saturated rings. The van der Waals surface area contributed by atoms with Gasteiger partial charge in [0.25, 0.3) is 0 Å². The quantitative estimate of drug-likeness (QED) is 0.738. The fraction of sp³-hybridized carbons (Fsp3) is 0.625. The van der Waals surface area contributed by atoms with Crippen molar-refractivity contribution in [3.63, 3.8) is 0 Å². The van der Waals surface area contributed by atoms with Crippen molar-refractivity contribution in [2.24, 2.45) is 11.8 Å². The van der Waals surface area contributed by atoms with E-state index in [-0.39, 0.29) is 29.7 Å². The molecule has 3 amide bonds. The monoisotopic (exact) mass is 429 g/mol. The highest BCUT2D eigenvalue weighted by molar-refractivity contribution is 5.92. The Hall–Kier alpha value is -2.57. The zero-order valence-electron chi connectivity index (χ0n) is 18.9. The van der Waals surface area contributed by atoms with E-state index in [4.69, 9.17) is 4.74 Å². The van der Waals surface area contributed by atoms with Crippen LogP contribution in [0, 0.1) is 11.8 Å². The average molecular weight is 430 g/mol. The van der Waals surface area contributed by atoms with Gasteiger partial charge < -0.3 is 20.3 Å². The number of nitrogens with one attached hydrogen (secondary N) is 2. The van der Waals surface area contributed by atoms with E-state index in [1.165, 1.54) is 0 Å². The van der Waals surface area contributed by atoms with E-state index in [2.05, 4.69) is 10.6 Å². The Bertz CT molecular complexity index is 788. The molecule has 1 saturated heterocycles. The molecule has 0 aromatic heterocycles. The van der Waals surface area contributed by atoms with Gasteiger partial charge in [-0.1, -0.05) is 25.0 Å². The molecule has 1 aromatic carbocycles. The summed E-state index contributed by atoms with van der Waals surface area (Å²) < 4.78 is 5.41. The van der Waals surface area contributed by atoms with Crippen LogP contribution in [0.1, 0.15) is 64.9 Å². The molecule has 1 aliphatic carbocycles. The number of rotatable bonds is 5. The van der Waals surface area contributed by atoms with Gasteiger partial charge >= 0.3 is 6.09 Å². The molecule has 7 heteroatoms. The molecule has 0 bridgehead atoms. The van der Waals surface area contributed by atoms with Gasteiger partial charge in [0.2, 0.25) is 11.8 Å². The summed E-state index contributed by atoms with van der Waals surface area (Å²) in [5.74, 6) is 0.110. The van der Waals surface area contributed by atoms with Gasteiger partial charge in [0, 0.05) is 37.2 Å². The van der Waals surface area contributed by atoms with E-state index in [0.29, 0.717) is 32.5 Å². The van der Waals surface area contributed by atoms with Crippen molar-refractivity contribution < 1.29 is 19.1 Å². The topological polar surface area (TPSA) is 87.7 Å². The smallest absolute Gasteiger partial charge is 0.410 e. The second-order valence-electron chi connectivity index (χ2n) is 9.63. The van der Waals surface area contributed by atoms with E-state index in [1.807, 2.05) is 45.0 Å². The van der Waals surface area contributed by atoms with E-state index >= 15 is 0 Å². The van der Waals surface area contributed by atoms with Crippen LogP contribution in [0.5, 0.6) is 0 Å². The molecule has 0 radical (unpaired) electrons. The molecule has 2 aliphatic rings. The van der Waals surface area contributed by atoms with Crippen LogP contribution in [0.4, 0.5) is 10.5 Å². The minimum Gasteiger partial charge on any atom is -0.444 e. The lowest BCUT2D eigenvalue weighted by atomic mass is 9.96. The number of carbonyl (C=O) groups is 3. The zero-order valence-corrected chi connectivity index (χ0v) is 18.9. The first-order valence-corrected chi connectivity index (χ1v) is 11.4. The SMILES string of the molecule is CC(C)(C)OC(=O)N1CCC(C(=O)NCc2cccc(NC(=O)C3CCCC3)c2)CC1. The Labute approximate surface area is 184 Å². The minimum absolute atomic E-state index is 0.00392. The van der Waals surface area contributed by atoms with Crippen LogP contribution in [-0.4, -0.2) is 41.5 Å². The second-order valence-corrected chi connectivity index (χ2v) is 9.63. The molecule has 3 rings (SSSR count). The van der Waals surface area contributed by atoms with Crippen LogP contribution in [0.15, 0.2) is 24.3 Å². The normalized spacial score (nSPS) is 18.0. The molecule has 0 unspecified atom stereocenters. The molecule has 7 nitrogen and oxygen atoms in total. The number of benzene rings is 1. The van der Waals surface area contributed by atoms with Gasteiger partial charge in [-0.25, -0.2) is 4.79 Å². The highest BCUT2D eigenvalue weighted by Crippen LogP contribution is 2.26. The van der Waals surface area contributed by atoms with Crippen molar-refractivity contribution in [3.05, 3.63) is 29.8 Å². The maximum absolute atomic E-state index is 12.6.